The summed E-state index contributed by atoms with van der Waals surface area (Å²) in [7, 11) is 0. The molecule has 4 heteroatoms. The van der Waals surface area contributed by atoms with E-state index in [2.05, 4.69) is 35.8 Å². The molecule has 2 fully saturated rings. The highest BCUT2D eigenvalue weighted by Crippen LogP contribution is 2.53. The van der Waals surface area contributed by atoms with Crippen LogP contribution in [-0.4, -0.2) is 18.7 Å². The average molecular weight is 300 g/mol. The van der Waals surface area contributed by atoms with Gasteiger partial charge in [-0.15, -0.1) is 0 Å². The minimum absolute atomic E-state index is 0.118. The van der Waals surface area contributed by atoms with Crippen molar-refractivity contribution in [3.8, 4) is 5.75 Å². The number of fused-ring (bicyclic) bond motifs is 1. The van der Waals surface area contributed by atoms with Gasteiger partial charge in [0.15, 0.2) is 6.23 Å². The molecule has 0 saturated heterocycles. The molecule has 2 N–H and O–H groups in total. The van der Waals surface area contributed by atoms with Crippen molar-refractivity contribution in [1.82, 2.24) is 5.32 Å². The third-order valence-corrected chi connectivity index (χ3v) is 4.98. The number of carbonyl (C=O) groups excluding carboxylic acids is 1. The van der Waals surface area contributed by atoms with Gasteiger partial charge in [0, 0.05) is 18.9 Å². The van der Waals surface area contributed by atoms with Crippen molar-refractivity contribution in [2.24, 2.45) is 11.8 Å². The molecule has 0 bridgehead atoms. The van der Waals surface area contributed by atoms with Crippen LogP contribution in [0.1, 0.15) is 50.5 Å². The minimum Gasteiger partial charge on any atom is -0.468 e. The van der Waals surface area contributed by atoms with E-state index < -0.39 is 0 Å². The lowest BCUT2D eigenvalue weighted by Gasteiger charge is -2.10. The van der Waals surface area contributed by atoms with Gasteiger partial charge < -0.3 is 15.4 Å². The molecule has 1 heterocycles. The summed E-state index contributed by atoms with van der Waals surface area (Å²) in [5.41, 5.74) is 2.44. The highest BCUT2D eigenvalue weighted by atomic mass is 16.5. The summed E-state index contributed by atoms with van der Waals surface area (Å²) in [6.45, 7) is 2.99. The molecule has 2 saturated carbocycles. The Kier molecular flexibility index (Phi) is 3.47. The molecule has 0 spiro atoms. The van der Waals surface area contributed by atoms with E-state index in [9.17, 15) is 4.79 Å². The fourth-order valence-corrected chi connectivity index (χ4v) is 3.41. The lowest BCUT2D eigenvalue weighted by Crippen LogP contribution is -2.27. The lowest BCUT2D eigenvalue weighted by atomic mass is 10.1. The summed E-state index contributed by atoms with van der Waals surface area (Å²) < 4.78 is 6.10. The van der Waals surface area contributed by atoms with Crippen LogP contribution in [0.3, 0.4) is 0 Å². The Morgan fingerprint density at radius 3 is 3.05 bits per heavy atom. The third-order valence-electron chi connectivity index (χ3n) is 4.98. The standard InChI is InChI=1S/C18H24N2O2/c1-2-4-16-20-15-6-3-5-13(17(15)22-16)14-9-12(14)10-19-18(21)11-7-8-11/h3,5-6,11-12,14,16,20H,2,4,7-10H2,1H3,(H,19,21)/t12-,14+,16?/m0/s1. The molecule has 1 aromatic carbocycles. The van der Waals surface area contributed by atoms with E-state index in [0.29, 0.717) is 17.8 Å². The van der Waals surface area contributed by atoms with Crippen LogP contribution < -0.4 is 15.4 Å². The molecule has 0 radical (unpaired) electrons. The minimum atomic E-state index is 0.118. The summed E-state index contributed by atoms with van der Waals surface area (Å²) in [5.74, 6) is 2.71. The molecule has 1 aliphatic heterocycles. The molecule has 4 nitrogen and oxygen atoms in total. The largest absolute Gasteiger partial charge is 0.468 e. The average Bonchev–Trinajstić information content (AvgIpc) is 3.41. The maximum Gasteiger partial charge on any atom is 0.223 e. The van der Waals surface area contributed by atoms with Gasteiger partial charge in [0.25, 0.3) is 0 Å². The molecular weight excluding hydrogens is 276 g/mol. The highest BCUT2D eigenvalue weighted by molar-refractivity contribution is 5.80. The van der Waals surface area contributed by atoms with Gasteiger partial charge in [-0.2, -0.15) is 0 Å². The first kappa shape index (κ1) is 13.9. The van der Waals surface area contributed by atoms with Crippen LogP contribution in [0.15, 0.2) is 18.2 Å². The van der Waals surface area contributed by atoms with Crippen molar-refractivity contribution >= 4 is 11.6 Å². The van der Waals surface area contributed by atoms with Crippen molar-refractivity contribution < 1.29 is 9.53 Å². The van der Waals surface area contributed by atoms with Crippen molar-refractivity contribution in [3.63, 3.8) is 0 Å². The zero-order valence-corrected chi connectivity index (χ0v) is 13.1. The second-order valence-corrected chi connectivity index (χ2v) is 6.89. The number of nitrogens with one attached hydrogen (secondary N) is 2. The van der Waals surface area contributed by atoms with Gasteiger partial charge in [0.2, 0.25) is 5.91 Å². The van der Waals surface area contributed by atoms with Crippen LogP contribution in [-0.2, 0) is 4.79 Å². The van der Waals surface area contributed by atoms with Gasteiger partial charge in [-0.05, 0) is 42.7 Å². The molecule has 1 aromatic rings. The third kappa shape index (κ3) is 2.67. The number of benzene rings is 1. The van der Waals surface area contributed by atoms with E-state index in [0.717, 1.165) is 50.1 Å². The Morgan fingerprint density at radius 1 is 1.41 bits per heavy atom. The van der Waals surface area contributed by atoms with E-state index in [-0.39, 0.29) is 12.1 Å². The zero-order chi connectivity index (χ0) is 15.1. The van der Waals surface area contributed by atoms with Crippen LogP contribution in [0.4, 0.5) is 5.69 Å². The molecule has 3 aliphatic rings. The number of rotatable bonds is 6. The number of para-hydroxylation sites is 1. The maximum absolute atomic E-state index is 11.7. The summed E-state index contributed by atoms with van der Waals surface area (Å²) in [5, 5.41) is 6.56. The molecule has 118 valence electrons. The Labute approximate surface area is 131 Å². The summed E-state index contributed by atoms with van der Waals surface area (Å²) in [6, 6.07) is 6.39. The number of anilines is 1. The normalized spacial score (nSPS) is 28.5. The Balaban J connectivity index is 1.38. The Hall–Kier alpha value is -1.71. The fourth-order valence-electron chi connectivity index (χ4n) is 3.41. The summed E-state index contributed by atoms with van der Waals surface area (Å²) in [4.78, 5) is 11.7. The molecule has 4 rings (SSSR count). The molecule has 0 aromatic heterocycles. The van der Waals surface area contributed by atoms with Crippen LogP contribution in [0.2, 0.25) is 0 Å². The van der Waals surface area contributed by atoms with Crippen LogP contribution >= 0.6 is 0 Å². The molecule has 3 atom stereocenters. The summed E-state index contributed by atoms with van der Waals surface area (Å²) >= 11 is 0. The number of amides is 1. The highest BCUT2D eigenvalue weighted by Gasteiger charge is 2.42. The van der Waals surface area contributed by atoms with E-state index in [1.165, 1.54) is 5.56 Å². The quantitative estimate of drug-likeness (QED) is 0.848. The fraction of sp³-hybridized carbons (Fsp3) is 0.611. The Morgan fingerprint density at radius 2 is 2.27 bits per heavy atom. The second-order valence-electron chi connectivity index (χ2n) is 6.89. The number of hydrogen-bond donors (Lipinski definition) is 2. The second kappa shape index (κ2) is 5.49. The van der Waals surface area contributed by atoms with E-state index in [1.807, 2.05) is 0 Å². The van der Waals surface area contributed by atoms with Gasteiger partial charge in [-0.1, -0.05) is 25.5 Å². The first-order valence-electron chi connectivity index (χ1n) is 8.60. The molecular formula is C18H24N2O2. The number of carbonyl (C=O) groups is 1. The Bertz CT molecular complexity index is 582. The number of hydrogen-bond acceptors (Lipinski definition) is 3. The van der Waals surface area contributed by atoms with Crippen molar-refractivity contribution in [2.75, 3.05) is 11.9 Å². The SMILES string of the molecule is CCCC1Nc2cccc([C@@H]3C[C@H]3CNC(=O)C3CC3)c2O1. The van der Waals surface area contributed by atoms with Gasteiger partial charge >= 0.3 is 0 Å². The first-order chi connectivity index (χ1) is 10.8. The van der Waals surface area contributed by atoms with E-state index >= 15 is 0 Å². The molecule has 1 amide bonds. The van der Waals surface area contributed by atoms with Gasteiger partial charge in [0.1, 0.15) is 5.75 Å². The summed E-state index contributed by atoms with van der Waals surface area (Å²) in [6.07, 6.45) is 5.56. The van der Waals surface area contributed by atoms with Crippen molar-refractivity contribution in [1.29, 1.82) is 0 Å². The zero-order valence-electron chi connectivity index (χ0n) is 13.1. The predicted octanol–water partition coefficient (Wildman–Crippen LogP) is 3.25. The van der Waals surface area contributed by atoms with Crippen molar-refractivity contribution in [3.05, 3.63) is 23.8 Å². The van der Waals surface area contributed by atoms with Gasteiger partial charge in [-0.3, -0.25) is 4.79 Å². The first-order valence-corrected chi connectivity index (χ1v) is 8.60. The van der Waals surface area contributed by atoms with Crippen LogP contribution in [0.25, 0.3) is 0 Å². The van der Waals surface area contributed by atoms with Gasteiger partial charge in [-0.25, -0.2) is 0 Å². The molecule has 2 aliphatic carbocycles. The van der Waals surface area contributed by atoms with Crippen LogP contribution in [0.5, 0.6) is 5.75 Å². The predicted molar refractivity (Wildman–Crippen MR) is 86.0 cm³/mol. The molecule has 22 heavy (non-hydrogen) atoms. The van der Waals surface area contributed by atoms with Gasteiger partial charge in [0.05, 0.1) is 5.69 Å². The monoisotopic (exact) mass is 300 g/mol. The van der Waals surface area contributed by atoms with Crippen molar-refractivity contribution in [2.45, 2.75) is 51.2 Å². The van der Waals surface area contributed by atoms with E-state index in [1.54, 1.807) is 0 Å². The van der Waals surface area contributed by atoms with E-state index in [4.69, 9.17) is 4.74 Å². The number of ether oxygens (including phenoxy) is 1. The lowest BCUT2D eigenvalue weighted by molar-refractivity contribution is -0.122. The smallest absolute Gasteiger partial charge is 0.223 e. The molecule has 1 unspecified atom stereocenters. The maximum atomic E-state index is 11.7. The van der Waals surface area contributed by atoms with Crippen LogP contribution in [0, 0.1) is 11.8 Å². The topological polar surface area (TPSA) is 50.4 Å².